The molecule has 3 rings (SSSR count). The summed E-state index contributed by atoms with van der Waals surface area (Å²) in [6.07, 6.45) is 3.48. The minimum absolute atomic E-state index is 0.0260. The number of fused-ring (bicyclic) bond motifs is 1. The summed E-state index contributed by atoms with van der Waals surface area (Å²) >= 11 is 0. The Morgan fingerprint density at radius 2 is 2.32 bits per heavy atom. The van der Waals surface area contributed by atoms with Crippen molar-refractivity contribution in [1.82, 2.24) is 20.2 Å². The maximum atomic E-state index is 8.88. The normalized spacial score (nSPS) is 16.8. The fourth-order valence-electron chi connectivity index (χ4n) is 2.58. The van der Waals surface area contributed by atoms with E-state index in [4.69, 9.17) is 5.26 Å². The third kappa shape index (κ3) is 1.93. The second-order valence-corrected chi connectivity index (χ2v) is 5.36. The van der Waals surface area contributed by atoms with Gasteiger partial charge >= 0.3 is 0 Å². The van der Waals surface area contributed by atoms with Crippen molar-refractivity contribution in [3.05, 3.63) is 35.5 Å². The molecule has 0 saturated heterocycles. The van der Waals surface area contributed by atoms with Crippen molar-refractivity contribution in [2.75, 3.05) is 11.4 Å². The molecule has 0 radical (unpaired) electrons. The van der Waals surface area contributed by atoms with Crippen molar-refractivity contribution in [1.29, 1.82) is 5.26 Å². The van der Waals surface area contributed by atoms with Crippen LogP contribution in [0.3, 0.4) is 0 Å². The molecule has 96 valence electrons. The molecule has 0 atom stereocenters. The Morgan fingerprint density at radius 1 is 1.47 bits per heavy atom. The second-order valence-electron chi connectivity index (χ2n) is 5.36. The van der Waals surface area contributed by atoms with Gasteiger partial charge in [0.25, 0.3) is 0 Å². The molecule has 6 nitrogen and oxygen atoms in total. The highest BCUT2D eigenvalue weighted by Crippen LogP contribution is 2.33. The van der Waals surface area contributed by atoms with Gasteiger partial charge < -0.3 is 4.90 Å². The standard InChI is InChI=1S/C13H14N6/c1-13(2)8-19(7-9-6-16-18-12(9)13)11-3-4-15-10(5-14)17-11/h3-4,6H,7-8H2,1-2H3,(H,16,18). The van der Waals surface area contributed by atoms with Crippen LogP contribution in [0.4, 0.5) is 5.82 Å². The first-order valence-corrected chi connectivity index (χ1v) is 6.11. The summed E-state index contributed by atoms with van der Waals surface area (Å²) in [5.41, 5.74) is 2.33. The Bertz CT molecular complexity index is 651. The number of nitrogens with zero attached hydrogens (tertiary/aromatic N) is 5. The van der Waals surface area contributed by atoms with Crippen LogP contribution in [-0.2, 0) is 12.0 Å². The van der Waals surface area contributed by atoms with E-state index >= 15 is 0 Å². The predicted molar refractivity (Wildman–Crippen MR) is 69.4 cm³/mol. The lowest BCUT2D eigenvalue weighted by atomic mass is 9.83. The van der Waals surface area contributed by atoms with Crippen molar-refractivity contribution >= 4 is 5.82 Å². The Hall–Kier alpha value is -2.42. The molecule has 0 fully saturated rings. The van der Waals surface area contributed by atoms with Gasteiger partial charge in [0.15, 0.2) is 0 Å². The van der Waals surface area contributed by atoms with Crippen LogP contribution in [0.2, 0.25) is 0 Å². The van der Waals surface area contributed by atoms with Crippen LogP contribution >= 0.6 is 0 Å². The highest BCUT2D eigenvalue weighted by atomic mass is 15.2. The topological polar surface area (TPSA) is 81.5 Å². The van der Waals surface area contributed by atoms with Crippen molar-refractivity contribution in [3.8, 4) is 6.07 Å². The summed E-state index contributed by atoms with van der Waals surface area (Å²) in [4.78, 5) is 10.3. The van der Waals surface area contributed by atoms with Gasteiger partial charge in [-0.3, -0.25) is 5.10 Å². The third-order valence-electron chi connectivity index (χ3n) is 3.41. The fraction of sp³-hybridized carbons (Fsp3) is 0.385. The zero-order valence-corrected chi connectivity index (χ0v) is 10.9. The van der Waals surface area contributed by atoms with E-state index < -0.39 is 0 Å². The first-order valence-electron chi connectivity index (χ1n) is 6.11. The molecule has 0 saturated carbocycles. The number of anilines is 1. The van der Waals surface area contributed by atoms with E-state index in [0.29, 0.717) is 0 Å². The molecule has 0 amide bonds. The Kier molecular flexibility index (Phi) is 2.49. The second kappa shape index (κ2) is 4.05. The third-order valence-corrected chi connectivity index (χ3v) is 3.41. The number of nitrogens with one attached hydrogen (secondary N) is 1. The average Bonchev–Trinajstić information content (AvgIpc) is 2.87. The van der Waals surface area contributed by atoms with E-state index in [0.717, 1.165) is 18.9 Å². The molecule has 1 N–H and O–H groups in total. The molecule has 2 aromatic heterocycles. The van der Waals surface area contributed by atoms with Crippen LogP contribution < -0.4 is 4.90 Å². The van der Waals surface area contributed by atoms with E-state index in [2.05, 4.69) is 38.9 Å². The van der Waals surface area contributed by atoms with Gasteiger partial charge in [0, 0.05) is 36.0 Å². The molecule has 0 spiro atoms. The van der Waals surface area contributed by atoms with E-state index in [9.17, 15) is 0 Å². The predicted octanol–water partition coefficient (Wildman–Crippen LogP) is 1.37. The maximum absolute atomic E-state index is 8.88. The van der Waals surface area contributed by atoms with Gasteiger partial charge in [0.1, 0.15) is 11.9 Å². The quantitative estimate of drug-likeness (QED) is 0.831. The molecular weight excluding hydrogens is 240 g/mol. The molecule has 19 heavy (non-hydrogen) atoms. The van der Waals surface area contributed by atoms with Crippen LogP contribution in [0, 0.1) is 11.3 Å². The Morgan fingerprint density at radius 3 is 3.11 bits per heavy atom. The summed E-state index contributed by atoms with van der Waals surface area (Å²) < 4.78 is 0. The van der Waals surface area contributed by atoms with E-state index in [1.54, 1.807) is 6.20 Å². The molecule has 0 bridgehead atoms. The fourth-order valence-corrected chi connectivity index (χ4v) is 2.58. The van der Waals surface area contributed by atoms with Gasteiger partial charge in [-0.2, -0.15) is 10.4 Å². The number of aromatic nitrogens is 4. The number of hydrogen-bond donors (Lipinski definition) is 1. The zero-order chi connectivity index (χ0) is 13.5. The van der Waals surface area contributed by atoms with E-state index in [1.807, 2.05) is 18.3 Å². The summed E-state index contributed by atoms with van der Waals surface area (Å²) in [6.45, 7) is 5.91. The number of nitriles is 1. The van der Waals surface area contributed by atoms with Crippen molar-refractivity contribution in [2.45, 2.75) is 25.8 Å². The largest absolute Gasteiger partial charge is 0.351 e. The summed E-state index contributed by atoms with van der Waals surface area (Å²) in [5, 5.41) is 16.1. The van der Waals surface area contributed by atoms with Crippen molar-refractivity contribution in [3.63, 3.8) is 0 Å². The average molecular weight is 254 g/mol. The minimum atomic E-state index is -0.0260. The molecular formula is C13H14N6. The lowest BCUT2D eigenvalue weighted by Gasteiger charge is -2.38. The van der Waals surface area contributed by atoms with Crippen LogP contribution in [-0.4, -0.2) is 26.7 Å². The summed E-state index contributed by atoms with van der Waals surface area (Å²) in [7, 11) is 0. The molecule has 0 aliphatic carbocycles. The summed E-state index contributed by atoms with van der Waals surface area (Å²) in [5.74, 6) is 0.986. The van der Waals surface area contributed by atoms with Crippen LogP contribution in [0.25, 0.3) is 0 Å². The first kappa shape index (κ1) is 11.7. The zero-order valence-electron chi connectivity index (χ0n) is 10.9. The van der Waals surface area contributed by atoms with Crippen molar-refractivity contribution < 1.29 is 0 Å². The first-order chi connectivity index (χ1) is 9.10. The number of hydrogen-bond acceptors (Lipinski definition) is 5. The summed E-state index contributed by atoms with van der Waals surface area (Å²) in [6, 6.07) is 3.81. The monoisotopic (exact) mass is 254 g/mol. The molecule has 1 aliphatic heterocycles. The van der Waals surface area contributed by atoms with Crippen molar-refractivity contribution in [2.24, 2.45) is 0 Å². The molecule has 2 aromatic rings. The lowest BCUT2D eigenvalue weighted by Crippen LogP contribution is -2.42. The molecule has 1 aliphatic rings. The molecule has 0 aromatic carbocycles. The van der Waals surface area contributed by atoms with Gasteiger partial charge in [0.05, 0.1) is 6.20 Å². The van der Waals surface area contributed by atoms with Gasteiger partial charge in [-0.25, -0.2) is 9.97 Å². The van der Waals surface area contributed by atoms with Crippen LogP contribution in [0.1, 0.15) is 30.9 Å². The van der Waals surface area contributed by atoms with E-state index in [-0.39, 0.29) is 11.2 Å². The number of H-pyrrole nitrogens is 1. The minimum Gasteiger partial charge on any atom is -0.351 e. The van der Waals surface area contributed by atoms with Gasteiger partial charge in [-0.15, -0.1) is 0 Å². The lowest BCUT2D eigenvalue weighted by molar-refractivity contribution is 0.462. The molecule has 0 unspecified atom stereocenters. The van der Waals surface area contributed by atoms with E-state index in [1.165, 1.54) is 11.3 Å². The Labute approximate surface area is 111 Å². The molecule has 6 heteroatoms. The van der Waals surface area contributed by atoms with Gasteiger partial charge in [0.2, 0.25) is 5.82 Å². The Balaban J connectivity index is 1.98. The van der Waals surface area contributed by atoms with Crippen LogP contribution in [0.5, 0.6) is 0 Å². The highest BCUT2D eigenvalue weighted by molar-refractivity contribution is 5.45. The van der Waals surface area contributed by atoms with Gasteiger partial charge in [-0.1, -0.05) is 13.8 Å². The van der Waals surface area contributed by atoms with Crippen LogP contribution in [0.15, 0.2) is 18.5 Å². The highest BCUT2D eigenvalue weighted by Gasteiger charge is 2.34. The molecule has 3 heterocycles. The SMILES string of the molecule is CC1(C)CN(c2ccnc(C#N)n2)Cc2cn[nH]c21. The smallest absolute Gasteiger partial charge is 0.234 e. The maximum Gasteiger partial charge on any atom is 0.234 e. The number of rotatable bonds is 1. The number of aromatic amines is 1. The van der Waals surface area contributed by atoms with Gasteiger partial charge in [-0.05, 0) is 6.07 Å².